The number of halogens is 3. The predicted octanol–water partition coefficient (Wildman–Crippen LogP) is 5.27. The smallest absolute Gasteiger partial charge is 0.152 e. The van der Waals surface area contributed by atoms with E-state index in [0.717, 1.165) is 9.35 Å². The molecule has 1 atom stereocenters. The summed E-state index contributed by atoms with van der Waals surface area (Å²) in [5, 5.41) is 4.82. The van der Waals surface area contributed by atoms with Crippen LogP contribution in [0.15, 0.2) is 28.1 Å². The fourth-order valence-corrected chi connectivity index (χ4v) is 3.41. The molecule has 0 aliphatic rings. The molecule has 96 valence electrons. The molecule has 1 N–H and O–H groups in total. The maximum atomic E-state index is 13.9. The normalized spacial score (nSPS) is 12.5. The maximum Gasteiger partial charge on any atom is 0.152 e. The molecule has 0 radical (unpaired) electrons. The molecule has 18 heavy (non-hydrogen) atoms. The number of thiophene rings is 1. The Morgan fingerprint density at radius 3 is 2.61 bits per heavy atom. The lowest BCUT2D eigenvalue weighted by Crippen LogP contribution is -2.09. The van der Waals surface area contributed by atoms with E-state index in [1.165, 1.54) is 23.5 Å². The van der Waals surface area contributed by atoms with E-state index in [1.807, 2.05) is 18.4 Å². The van der Waals surface area contributed by atoms with Crippen molar-refractivity contribution in [1.82, 2.24) is 0 Å². The van der Waals surface area contributed by atoms with Crippen molar-refractivity contribution in [2.45, 2.75) is 19.9 Å². The zero-order chi connectivity index (χ0) is 13.3. The number of hydrogen-bond acceptors (Lipinski definition) is 2. The van der Waals surface area contributed by atoms with Gasteiger partial charge in [-0.05, 0) is 52.9 Å². The van der Waals surface area contributed by atoms with E-state index in [4.69, 9.17) is 0 Å². The van der Waals surface area contributed by atoms with Crippen molar-refractivity contribution >= 4 is 33.0 Å². The summed E-state index contributed by atoms with van der Waals surface area (Å²) in [5.74, 6) is -1.10. The number of nitrogens with one attached hydrogen (secondary N) is 1. The van der Waals surface area contributed by atoms with Crippen molar-refractivity contribution in [2.75, 3.05) is 5.32 Å². The molecular formula is C13H12BrF2NS. The van der Waals surface area contributed by atoms with Crippen LogP contribution in [0.25, 0.3) is 0 Å². The maximum absolute atomic E-state index is 13.9. The molecule has 1 heterocycles. The fraction of sp³-hybridized carbons (Fsp3) is 0.231. The van der Waals surface area contributed by atoms with Gasteiger partial charge in [-0.15, -0.1) is 11.3 Å². The Morgan fingerprint density at radius 2 is 2.00 bits per heavy atom. The van der Waals surface area contributed by atoms with Gasteiger partial charge in [0.15, 0.2) is 5.82 Å². The van der Waals surface area contributed by atoms with Gasteiger partial charge in [0.25, 0.3) is 0 Å². The lowest BCUT2D eigenvalue weighted by molar-refractivity contribution is 0.579. The minimum atomic E-state index is -0.572. The molecule has 0 bridgehead atoms. The van der Waals surface area contributed by atoms with E-state index >= 15 is 0 Å². The standard InChI is InChI=1S/C13H12BrF2NS/c1-7-3-4-10(15)12(11(7)16)17-8(2)13-9(14)5-6-18-13/h3-6,8,17H,1-2H3. The summed E-state index contributed by atoms with van der Waals surface area (Å²) in [7, 11) is 0. The first-order valence-corrected chi connectivity index (χ1v) is 7.12. The van der Waals surface area contributed by atoms with Crippen LogP contribution in [0.1, 0.15) is 23.4 Å². The number of rotatable bonds is 3. The molecule has 0 spiro atoms. The van der Waals surface area contributed by atoms with E-state index < -0.39 is 11.6 Å². The molecule has 1 aromatic carbocycles. The summed E-state index contributed by atoms with van der Waals surface area (Å²) in [6.07, 6.45) is 0. The van der Waals surface area contributed by atoms with Crippen LogP contribution in [0.5, 0.6) is 0 Å². The van der Waals surface area contributed by atoms with Crippen LogP contribution in [0.3, 0.4) is 0 Å². The van der Waals surface area contributed by atoms with Gasteiger partial charge >= 0.3 is 0 Å². The molecule has 0 saturated heterocycles. The van der Waals surface area contributed by atoms with E-state index in [1.54, 1.807) is 6.92 Å². The molecule has 1 nitrogen and oxygen atoms in total. The van der Waals surface area contributed by atoms with Crippen LogP contribution >= 0.6 is 27.3 Å². The van der Waals surface area contributed by atoms with Gasteiger partial charge in [-0.25, -0.2) is 8.78 Å². The summed E-state index contributed by atoms with van der Waals surface area (Å²) >= 11 is 4.95. The summed E-state index contributed by atoms with van der Waals surface area (Å²) in [6, 6.07) is 4.46. The van der Waals surface area contributed by atoms with Crippen molar-refractivity contribution in [1.29, 1.82) is 0 Å². The van der Waals surface area contributed by atoms with E-state index in [9.17, 15) is 8.78 Å². The highest BCUT2D eigenvalue weighted by molar-refractivity contribution is 9.10. The second-order valence-corrected chi connectivity index (χ2v) is 5.85. The molecule has 5 heteroatoms. The molecular weight excluding hydrogens is 320 g/mol. The topological polar surface area (TPSA) is 12.0 Å². The zero-order valence-electron chi connectivity index (χ0n) is 9.93. The van der Waals surface area contributed by atoms with Crippen LogP contribution in [0.4, 0.5) is 14.5 Å². The second kappa shape index (κ2) is 5.36. The van der Waals surface area contributed by atoms with Crippen LogP contribution in [0.2, 0.25) is 0 Å². The van der Waals surface area contributed by atoms with Gasteiger partial charge in [0.05, 0.1) is 6.04 Å². The molecule has 2 rings (SSSR count). The SMILES string of the molecule is Cc1ccc(F)c(NC(C)c2sccc2Br)c1F. The Morgan fingerprint density at radius 1 is 1.28 bits per heavy atom. The van der Waals surface area contributed by atoms with Gasteiger partial charge in [0.2, 0.25) is 0 Å². The lowest BCUT2D eigenvalue weighted by Gasteiger charge is -2.16. The van der Waals surface area contributed by atoms with Crippen LogP contribution in [0, 0.1) is 18.6 Å². The molecule has 0 aliphatic carbocycles. The Bertz CT molecular complexity index is 568. The Balaban J connectivity index is 2.30. The summed E-state index contributed by atoms with van der Waals surface area (Å²) in [4.78, 5) is 1.01. The van der Waals surface area contributed by atoms with Gasteiger partial charge in [-0.2, -0.15) is 0 Å². The average molecular weight is 332 g/mol. The minimum Gasteiger partial charge on any atom is -0.373 e. The van der Waals surface area contributed by atoms with Crippen molar-refractivity contribution in [3.05, 3.63) is 50.1 Å². The predicted molar refractivity (Wildman–Crippen MR) is 75.2 cm³/mol. The number of benzene rings is 1. The van der Waals surface area contributed by atoms with E-state index in [0.29, 0.717) is 5.56 Å². The molecule has 1 unspecified atom stereocenters. The van der Waals surface area contributed by atoms with Crippen molar-refractivity contribution in [3.8, 4) is 0 Å². The molecule has 0 aliphatic heterocycles. The Kier molecular flexibility index (Phi) is 4.02. The number of aryl methyl sites for hydroxylation is 1. The summed E-state index contributed by atoms with van der Waals surface area (Å²) in [6.45, 7) is 3.49. The highest BCUT2D eigenvalue weighted by Gasteiger charge is 2.16. The lowest BCUT2D eigenvalue weighted by atomic mass is 10.1. The van der Waals surface area contributed by atoms with Crippen molar-refractivity contribution in [3.63, 3.8) is 0 Å². The third-order valence-electron chi connectivity index (χ3n) is 2.68. The van der Waals surface area contributed by atoms with Crippen LogP contribution < -0.4 is 5.32 Å². The highest BCUT2D eigenvalue weighted by atomic mass is 79.9. The van der Waals surface area contributed by atoms with E-state index in [-0.39, 0.29) is 11.7 Å². The largest absolute Gasteiger partial charge is 0.373 e. The first-order chi connectivity index (χ1) is 8.50. The van der Waals surface area contributed by atoms with Crippen LogP contribution in [-0.2, 0) is 0 Å². The van der Waals surface area contributed by atoms with Crippen LogP contribution in [-0.4, -0.2) is 0 Å². The summed E-state index contributed by atoms with van der Waals surface area (Å²) in [5.41, 5.74) is 0.360. The number of hydrogen-bond donors (Lipinski definition) is 1. The molecule has 1 aromatic heterocycles. The van der Waals surface area contributed by atoms with Gasteiger partial charge in [0.1, 0.15) is 11.5 Å². The highest BCUT2D eigenvalue weighted by Crippen LogP contribution is 2.32. The molecule has 0 amide bonds. The quantitative estimate of drug-likeness (QED) is 0.807. The molecule has 2 aromatic rings. The zero-order valence-corrected chi connectivity index (χ0v) is 12.3. The molecule has 0 saturated carbocycles. The van der Waals surface area contributed by atoms with Gasteiger partial charge < -0.3 is 5.32 Å². The number of anilines is 1. The van der Waals surface area contributed by atoms with Gasteiger partial charge in [-0.3, -0.25) is 0 Å². The second-order valence-electron chi connectivity index (χ2n) is 4.05. The average Bonchev–Trinajstić information content (AvgIpc) is 2.76. The van der Waals surface area contributed by atoms with Crippen molar-refractivity contribution < 1.29 is 8.78 Å². The first-order valence-electron chi connectivity index (χ1n) is 5.44. The first kappa shape index (κ1) is 13.5. The van der Waals surface area contributed by atoms with Gasteiger partial charge in [-0.1, -0.05) is 6.07 Å². The fourth-order valence-electron chi connectivity index (χ4n) is 1.69. The third-order valence-corrected chi connectivity index (χ3v) is 4.74. The third kappa shape index (κ3) is 2.57. The summed E-state index contributed by atoms with van der Waals surface area (Å²) < 4.78 is 28.4. The van der Waals surface area contributed by atoms with E-state index in [2.05, 4.69) is 21.2 Å². The Labute approximate surface area is 117 Å². The van der Waals surface area contributed by atoms with Crippen molar-refractivity contribution in [2.24, 2.45) is 0 Å². The Hall–Kier alpha value is -0.940. The monoisotopic (exact) mass is 331 g/mol. The van der Waals surface area contributed by atoms with Gasteiger partial charge in [0, 0.05) is 9.35 Å². The minimum absolute atomic E-state index is 0.0669. The molecule has 0 fully saturated rings.